The molecule has 2 aromatic carbocycles. The summed E-state index contributed by atoms with van der Waals surface area (Å²) in [6.07, 6.45) is 4.52. The summed E-state index contributed by atoms with van der Waals surface area (Å²) in [6, 6.07) is 18.0. The lowest BCUT2D eigenvalue weighted by molar-refractivity contribution is 0.0920. The van der Waals surface area contributed by atoms with E-state index in [1.807, 2.05) is 24.3 Å². The maximum Gasteiger partial charge on any atom is 0.251 e. The van der Waals surface area contributed by atoms with E-state index in [0.29, 0.717) is 30.4 Å². The van der Waals surface area contributed by atoms with E-state index < -0.39 is 0 Å². The van der Waals surface area contributed by atoms with Crippen LogP contribution in [0.15, 0.2) is 54.6 Å². The van der Waals surface area contributed by atoms with Gasteiger partial charge in [0.25, 0.3) is 5.91 Å². The SMILES string of the molecule is NCCOc1cccc(C(=O)N[C@@H]2CCCC[C@H]2c2ccccc2)c1. The first-order valence-corrected chi connectivity index (χ1v) is 9.06. The number of hydrogen-bond donors (Lipinski definition) is 2. The number of benzene rings is 2. The predicted octanol–water partition coefficient (Wildman–Crippen LogP) is 3.48. The summed E-state index contributed by atoms with van der Waals surface area (Å²) in [4.78, 5) is 12.7. The van der Waals surface area contributed by atoms with Crippen molar-refractivity contribution in [3.8, 4) is 5.75 Å². The van der Waals surface area contributed by atoms with E-state index in [-0.39, 0.29) is 11.9 Å². The number of hydrogen-bond acceptors (Lipinski definition) is 3. The first-order valence-electron chi connectivity index (χ1n) is 9.06. The van der Waals surface area contributed by atoms with E-state index >= 15 is 0 Å². The van der Waals surface area contributed by atoms with Crippen molar-refractivity contribution in [3.05, 3.63) is 65.7 Å². The molecule has 1 aliphatic rings. The maximum atomic E-state index is 12.7. The molecule has 4 heteroatoms. The van der Waals surface area contributed by atoms with Crippen molar-refractivity contribution in [2.75, 3.05) is 13.2 Å². The molecule has 3 N–H and O–H groups in total. The van der Waals surface area contributed by atoms with Gasteiger partial charge in [0.2, 0.25) is 0 Å². The molecule has 0 aliphatic heterocycles. The molecule has 1 saturated carbocycles. The van der Waals surface area contributed by atoms with Crippen LogP contribution in [0.4, 0.5) is 0 Å². The summed E-state index contributed by atoms with van der Waals surface area (Å²) in [7, 11) is 0. The topological polar surface area (TPSA) is 64.3 Å². The zero-order chi connectivity index (χ0) is 17.5. The average molecular weight is 338 g/mol. The van der Waals surface area contributed by atoms with Crippen molar-refractivity contribution in [3.63, 3.8) is 0 Å². The summed E-state index contributed by atoms with van der Waals surface area (Å²) >= 11 is 0. The zero-order valence-corrected chi connectivity index (χ0v) is 14.5. The Labute approximate surface area is 149 Å². The van der Waals surface area contributed by atoms with Gasteiger partial charge in [-0.05, 0) is 36.6 Å². The molecule has 1 fully saturated rings. The Morgan fingerprint density at radius 3 is 2.68 bits per heavy atom. The molecule has 1 amide bonds. The third-order valence-electron chi connectivity index (χ3n) is 4.79. The molecule has 0 heterocycles. The van der Waals surface area contributed by atoms with Crippen LogP contribution in [0.5, 0.6) is 5.75 Å². The smallest absolute Gasteiger partial charge is 0.251 e. The first-order chi connectivity index (χ1) is 12.3. The van der Waals surface area contributed by atoms with Gasteiger partial charge in [-0.1, -0.05) is 49.2 Å². The summed E-state index contributed by atoms with van der Waals surface area (Å²) in [6.45, 7) is 0.904. The van der Waals surface area contributed by atoms with Gasteiger partial charge < -0.3 is 15.8 Å². The third-order valence-corrected chi connectivity index (χ3v) is 4.79. The Balaban J connectivity index is 1.70. The molecule has 0 bridgehead atoms. The average Bonchev–Trinajstić information content (AvgIpc) is 2.67. The van der Waals surface area contributed by atoms with Gasteiger partial charge in [-0.25, -0.2) is 0 Å². The molecule has 0 spiro atoms. The molecular formula is C21H26N2O2. The highest BCUT2D eigenvalue weighted by Crippen LogP contribution is 2.33. The largest absolute Gasteiger partial charge is 0.492 e. The molecule has 2 atom stereocenters. The second-order valence-corrected chi connectivity index (χ2v) is 6.55. The molecule has 132 valence electrons. The van der Waals surface area contributed by atoms with Gasteiger partial charge in [0.1, 0.15) is 12.4 Å². The van der Waals surface area contributed by atoms with Crippen molar-refractivity contribution in [2.45, 2.75) is 37.6 Å². The normalized spacial score (nSPS) is 20.0. The fourth-order valence-electron chi connectivity index (χ4n) is 3.56. The van der Waals surface area contributed by atoms with Crippen LogP contribution >= 0.6 is 0 Å². The predicted molar refractivity (Wildman–Crippen MR) is 99.9 cm³/mol. The van der Waals surface area contributed by atoms with Gasteiger partial charge in [0.15, 0.2) is 0 Å². The number of amides is 1. The molecule has 0 saturated heterocycles. The van der Waals surface area contributed by atoms with Crippen molar-refractivity contribution >= 4 is 5.91 Å². The van der Waals surface area contributed by atoms with Crippen LogP contribution in [0.2, 0.25) is 0 Å². The minimum absolute atomic E-state index is 0.0361. The molecule has 1 aliphatic carbocycles. The number of rotatable bonds is 6. The highest BCUT2D eigenvalue weighted by atomic mass is 16.5. The van der Waals surface area contributed by atoms with Gasteiger partial charge in [0.05, 0.1) is 0 Å². The van der Waals surface area contributed by atoms with Crippen molar-refractivity contribution in [2.24, 2.45) is 5.73 Å². The molecule has 3 rings (SSSR count). The Bertz CT molecular complexity index is 687. The van der Waals surface area contributed by atoms with Crippen LogP contribution in [0.1, 0.15) is 47.5 Å². The molecule has 25 heavy (non-hydrogen) atoms. The Morgan fingerprint density at radius 2 is 1.88 bits per heavy atom. The van der Waals surface area contributed by atoms with Crippen molar-refractivity contribution in [1.82, 2.24) is 5.32 Å². The van der Waals surface area contributed by atoms with Crippen LogP contribution in [-0.2, 0) is 0 Å². The quantitative estimate of drug-likeness (QED) is 0.847. The molecule has 0 radical (unpaired) electrons. The van der Waals surface area contributed by atoms with Gasteiger partial charge in [-0.15, -0.1) is 0 Å². The lowest BCUT2D eigenvalue weighted by Gasteiger charge is -2.32. The summed E-state index contributed by atoms with van der Waals surface area (Å²) in [5.41, 5.74) is 7.41. The van der Waals surface area contributed by atoms with Crippen molar-refractivity contribution in [1.29, 1.82) is 0 Å². The lowest BCUT2D eigenvalue weighted by atomic mass is 9.80. The fraction of sp³-hybridized carbons (Fsp3) is 0.381. The van der Waals surface area contributed by atoms with Crippen molar-refractivity contribution < 1.29 is 9.53 Å². The van der Waals surface area contributed by atoms with Crippen LogP contribution in [0, 0.1) is 0 Å². The standard InChI is InChI=1S/C21H26N2O2/c22-13-14-25-18-10-6-9-17(15-18)21(24)23-20-12-5-4-11-19(20)16-7-2-1-3-8-16/h1-3,6-10,15,19-20H,4-5,11-14,22H2,(H,23,24)/t19-,20+/m0/s1. The van der Waals surface area contributed by atoms with Gasteiger partial charge in [-0.2, -0.15) is 0 Å². The van der Waals surface area contributed by atoms with Crippen LogP contribution in [-0.4, -0.2) is 25.1 Å². The van der Waals surface area contributed by atoms with E-state index in [0.717, 1.165) is 19.3 Å². The number of nitrogens with two attached hydrogens (primary N) is 1. The lowest BCUT2D eigenvalue weighted by Crippen LogP contribution is -2.41. The zero-order valence-electron chi connectivity index (χ0n) is 14.5. The van der Waals surface area contributed by atoms with E-state index in [4.69, 9.17) is 10.5 Å². The Morgan fingerprint density at radius 1 is 1.08 bits per heavy atom. The minimum Gasteiger partial charge on any atom is -0.492 e. The Kier molecular flexibility index (Phi) is 6.07. The van der Waals surface area contributed by atoms with E-state index in [9.17, 15) is 4.79 Å². The maximum absolute atomic E-state index is 12.7. The molecule has 0 unspecified atom stereocenters. The number of nitrogens with one attached hydrogen (secondary N) is 1. The molecule has 4 nitrogen and oxygen atoms in total. The first kappa shape index (κ1) is 17.5. The summed E-state index contributed by atoms with van der Waals surface area (Å²) in [5.74, 6) is 1.03. The van der Waals surface area contributed by atoms with Crippen LogP contribution in [0.25, 0.3) is 0 Å². The Hall–Kier alpha value is -2.33. The third kappa shape index (κ3) is 4.60. The second kappa shape index (κ2) is 8.67. The van der Waals surface area contributed by atoms with Crippen LogP contribution < -0.4 is 15.8 Å². The van der Waals surface area contributed by atoms with Crippen LogP contribution in [0.3, 0.4) is 0 Å². The second-order valence-electron chi connectivity index (χ2n) is 6.55. The monoisotopic (exact) mass is 338 g/mol. The van der Waals surface area contributed by atoms with Gasteiger partial charge in [0, 0.05) is 24.1 Å². The van der Waals surface area contributed by atoms with E-state index in [1.54, 1.807) is 6.07 Å². The summed E-state index contributed by atoms with van der Waals surface area (Å²) < 4.78 is 5.52. The number of ether oxygens (including phenoxy) is 1. The molecule has 0 aromatic heterocycles. The fourth-order valence-corrected chi connectivity index (χ4v) is 3.56. The molecule has 2 aromatic rings. The minimum atomic E-state index is -0.0361. The number of carbonyl (C=O) groups excluding carboxylic acids is 1. The van der Waals surface area contributed by atoms with Gasteiger partial charge >= 0.3 is 0 Å². The highest BCUT2D eigenvalue weighted by molar-refractivity contribution is 5.94. The van der Waals surface area contributed by atoms with E-state index in [2.05, 4.69) is 29.6 Å². The molecular weight excluding hydrogens is 312 g/mol. The summed E-state index contributed by atoms with van der Waals surface area (Å²) in [5, 5.41) is 3.25. The van der Waals surface area contributed by atoms with Gasteiger partial charge in [-0.3, -0.25) is 4.79 Å². The van der Waals surface area contributed by atoms with E-state index in [1.165, 1.54) is 12.0 Å². The highest BCUT2D eigenvalue weighted by Gasteiger charge is 2.28. The number of carbonyl (C=O) groups is 1.